The van der Waals surface area contributed by atoms with Gasteiger partial charge in [-0.2, -0.15) is 0 Å². The molecule has 4 nitrogen and oxygen atoms in total. The third-order valence-electron chi connectivity index (χ3n) is 1.71. The van der Waals surface area contributed by atoms with Crippen LogP contribution < -0.4 is 14.9 Å². The van der Waals surface area contributed by atoms with Crippen molar-refractivity contribution in [1.82, 2.24) is 0 Å². The molecule has 0 spiro atoms. The van der Waals surface area contributed by atoms with E-state index in [-0.39, 0.29) is 0 Å². The summed E-state index contributed by atoms with van der Waals surface area (Å²) in [5.74, 6) is 0.827. The largest absolute Gasteiger partial charge is 0.493 e. The number of methoxy groups -OCH3 is 2. The predicted molar refractivity (Wildman–Crippen MR) is 60.7 cm³/mol. The van der Waals surface area contributed by atoms with E-state index in [2.05, 4.69) is 0 Å². The Balaban J connectivity index is 0.000000921. The van der Waals surface area contributed by atoms with Gasteiger partial charge in [-0.1, -0.05) is 26.0 Å². The van der Waals surface area contributed by atoms with Crippen LogP contribution in [0, 0.1) is 0 Å². The third kappa shape index (κ3) is 3.45. The maximum absolute atomic E-state index is 8.98. The SMILES string of the molecule is CC.COc1cccc(B(O)O)c1OC. The Labute approximate surface area is 90.6 Å². The van der Waals surface area contributed by atoms with Gasteiger partial charge in [-0.15, -0.1) is 0 Å². The molecular weight excluding hydrogens is 195 g/mol. The molecule has 15 heavy (non-hydrogen) atoms. The molecule has 0 saturated heterocycles. The minimum absolute atomic E-state index is 0.293. The highest BCUT2D eigenvalue weighted by Gasteiger charge is 2.19. The molecule has 0 amide bonds. The van der Waals surface area contributed by atoms with Crippen molar-refractivity contribution in [1.29, 1.82) is 0 Å². The summed E-state index contributed by atoms with van der Waals surface area (Å²) in [4.78, 5) is 0. The molecule has 0 aromatic heterocycles. The molecule has 1 rings (SSSR count). The minimum atomic E-state index is -1.55. The molecular formula is C10H17BO4. The summed E-state index contributed by atoms with van der Waals surface area (Å²) in [5.41, 5.74) is 0.293. The average Bonchev–Trinajstić information content (AvgIpc) is 2.30. The van der Waals surface area contributed by atoms with Crippen molar-refractivity contribution in [3.63, 3.8) is 0 Å². The second kappa shape index (κ2) is 7.14. The van der Waals surface area contributed by atoms with Crippen LogP contribution in [0.4, 0.5) is 0 Å². The molecule has 2 N–H and O–H groups in total. The van der Waals surface area contributed by atoms with Gasteiger partial charge in [0, 0.05) is 5.46 Å². The quantitative estimate of drug-likeness (QED) is 0.712. The Bertz CT molecular complexity index is 289. The Morgan fingerprint density at radius 3 is 2.07 bits per heavy atom. The fourth-order valence-corrected chi connectivity index (χ4v) is 1.12. The summed E-state index contributed by atoms with van der Waals surface area (Å²) in [6.45, 7) is 4.00. The smallest absolute Gasteiger partial charge is 0.492 e. The number of hydrogen-bond acceptors (Lipinski definition) is 4. The van der Waals surface area contributed by atoms with Gasteiger partial charge in [0.25, 0.3) is 0 Å². The van der Waals surface area contributed by atoms with Crippen molar-refractivity contribution in [2.24, 2.45) is 0 Å². The van der Waals surface area contributed by atoms with Gasteiger partial charge in [0.05, 0.1) is 14.2 Å². The molecule has 0 heterocycles. The first kappa shape index (κ1) is 13.8. The Hall–Kier alpha value is -1.20. The van der Waals surface area contributed by atoms with Crippen molar-refractivity contribution in [2.75, 3.05) is 14.2 Å². The molecule has 0 unspecified atom stereocenters. The van der Waals surface area contributed by atoms with Gasteiger partial charge < -0.3 is 19.5 Å². The number of ether oxygens (including phenoxy) is 2. The third-order valence-corrected chi connectivity index (χ3v) is 1.71. The summed E-state index contributed by atoms with van der Waals surface area (Å²) < 4.78 is 9.96. The van der Waals surface area contributed by atoms with Gasteiger partial charge in [0.1, 0.15) is 0 Å². The highest BCUT2D eigenvalue weighted by Crippen LogP contribution is 2.23. The molecule has 0 aliphatic carbocycles. The highest BCUT2D eigenvalue weighted by atomic mass is 16.5. The standard InChI is InChI=1S/C8H11BO4.C2H6/c1-12-7-5-3-4-6(9(10)11)8(7)13-2;1-2/h3-5,10-11H,1-2H3;1-2H3. The molecule has 0 saturated carbocycles. The van der Waals surface area contributed by atoms with Gasteiger partial charge in [-0.25, -0.2) is 0 Å². The van der Waals surface area contributed by atoms with E-state index < -0.39 is 7.12 Å². The lowest BCUT2D eigenvalue weighted by Crippen LogP contribution is -2.31. The minimum Gasteiger partial charge on any atom is -0.493 e. The number of hydrogen-bond donors (Lipinski definition) is 2. The van der Waals surface area contributed by atoms with E-state index in [1.807, 2.05) is 13.8 Å². The highest BCUT2D eigenvalue weighted by molar-refractivity contribution is 6.59. The van der Waals surface area contributed by atoms with E-state index >= 15 is 0 Å². The van der Waals surface area contributed by atoms with Gasteiger partial charge in [-0.05, 0) is 6.07 Å². The lowest BCUT2D eigenvalue weighted by atomic mass is 9.79. The molecule has 0 fully saturated rings. The van der Waals surface area contributed by atoms with Crippen LogP contribution in [0.1, 0.15) is 13.8 Å². The first-order chi connectivity index (χ1) is 7.20. The van der Waals surface area contributed by atoms with Crippen LogP contribution in [0.25, 0.3) is 0 Å². The zero-order valence-electron chi connectivity index (χ0n) is 9.52. The summed E-state index contributed by atoms with van der Waals surface area (Å²) in [6, 6.07) is 4.91. The molecule has 0 aliphatic heterocycles. The molecule has 0 bridgehead atoms. The molecule has 1 aromatic carbocycles. The second-order valence-electron chi connectivity index (χ2n) is 2.46. The monoisotopic (exact) mass is 212 g/mol. The van der Waals surface area contributed by atoms with Crippen LogP contribution in [-0.2, 0) is 0 Å². The van der Waals surface area contributed by atoms with Crippen LogP contribution in [-0.4, -0.2) is 31.4 Å². The molecule has 1 aromatic rings. The van der Waals surface area contributed by atoms with Gasteiger partial charge in [-0.3, -0.25) is 0 Å². The fraction of sp³-hybridized carbons (Fsp3) is 0.400. The summed E-state index contributed by atoms with van der Waals surface area (Å²) >= 11 is 0. The van der Waals surface area contributed by atoms with Crippen molar-refractivity contribution in [3.05, 3.63) is 18.2 Å². The van der Waals surface area contributed by atoms with Crippen LogP contribution in [0.15, 0.2) is 18.2 Å². The van der Waals surface area contributed by atoms with E-state index in [9.17, 15) is 0 Å². The molecule has 0 radical (unpaired) electrons. The van der Waals surface area contributed by atoms with Crippen molar-refractivity contribution >= 4 is 12.6 Å². The number of rotatable bonds is 3. The molecule has 5 heteroatoms. The zero-order valence-corrected chi connectivity index (χ0v) is 9.52. The first-order valence-electron chi connectivity index (χ1n) is 4.77. The van der Waals surface area contributed by atoms with Gasteiger partial charge >= 0.3 is 7.12 Å². The lowest BCUT2D eigenvalue weighted by molar-refractivity contribution is 0.354. The second-order valence-corrected chi connectivity index (χ2v) is 2.46. The van der Waals surface area contributed by atoms with Crippen molar-refractivity contribution in [3.8, 4) is 11.5 Å². The summed E-state index contributed by atoms with van der Waals surface area (Å²) in [7, 11) is 1.39. The lowest BCUT2D eigenvalue weighted by Gasteiger charge is -2.11. The zero-order chi connectivity index (χ0) is 11.8. The van der Waals surface area contributed by atoms with Crippen molar-refractivity contribution in [2.45, 2.75) is 13.8 Å². The Morgan fingerprint density at radius 2 is 1.67 bits per heavy atom. The first-order valence-corrected chi connectivity index (χ1v) is 4.77. The average molecular weight is 212 g/mol. The van der Waals surface area contributed by atoms with Crippen LogP contribution in [0.2, 0.25) is 0 Å². The van der Waals surface area contributed by atoms with Crippen LogP contribution >= 0.6 is 0 Å². The van der Waals surface area contributed by atoms with E-state index in [4.69, 9.17) is 19.5 Å². The Kier molecular flexibility index (Phi) is 6.57. The fourth-order valence-electron chi connectivity index (χ4n) is 1.12. The topological polar surface area (TPSA) is 58.9 Å². The maximum Gasteiger partial charge on any atom is 0.492 e. The van der Waals surface area contributed by atoms with E-state index in [1.165, 1.54) is 14.2 Å². The maximum atomic E-state index is 8.98. The number of para-hydroxylation sites is 1. The Morgan fingerprint density at radius 1 is 1.07 bits per heavy atom. The van der Waals surface area contributed by atoms with Crippen molar-refractivity contribution < 1.29 is 19.5 Å². The van der Waals surface area contributed by atoms with E-state index in [0.717, 1.165) is 0 Å². The van der Waals surface area contributed by atoms with Gasteiger partial charge in [0.2, 0.25) is 0 Å². The van der Waals surface area contributed by atoms with Gasteiger partial charge in [0.15, 0.2) is 11.5 Å². The van der Waals surface area contributed by atoms with Crippen LogP contribution in [0.5, 0.6) is 11.5 Å². The normalized spacial score (nSPS) is 8.67. The summed E-state index contributed by atoms with van der Waals surface area (Å²) in [6.07, 6.45) is 0. The number of benzene rings is 1. The van der Waals surface area contributed by atoms with E-state index in [0.29, 0.717) is 17.0 Å². The molecule has 0 aliphatic rings. The van der Waals surface area contributed by atoms with E-state index in [1.54, 1.807) is 18.2 Å². The van der Waals surface area contributed by atoms with Crippen LogP contribution in [0.3, 0.4) is 0 Å². The summed E-state index contributed by atoms with van der Waals surface area (Å²) in [5, 5.41) is 18.0. The predicted octanol–water partition coefficient (Wildman–Crippen LogP) is 0.410. The molecule has 84 valence electrons. The molecule has 0 atom stereocenters.